The van der Waals surface area contributed by atoms with Crippen LogP contribution in [0.3, 0.4) is 0 Å². The molecule has 0 unspecified atom stereocenters. The van der Waals surface area contributed by atoms with E-state index in [1.165, 1.54) is 17.7 Å². The number of hydrogen-bond acceptors (Lipinski definition) is 4. The van der Waals surface area contributed by atoms with Gasteiger partial charge in [-0.2, -0.15) is 0 Å². The Bertz CT molecular complexity index is 552. The van der Waals surface area contributed by atoms with E-state index in [1.54, 1.807) is 6.92 Å². The lowest BCUT2D eigenvalue weighted by atomic mass is 10.1. The SMILES string of the molecule is CC(=O)N1CCc2c(N3CCN(CCCCN)CC3)cccc21. The summed E-state index contributed by atoms with van der Waals surface area (Å²) in [5.74, 6) is 0.144. The van der Waals surface area contributed by atoms with Gasteiger partial charge in [-0.25, -0.2) is 0 Å². The Kier molecular flexibility index (Phi) is 5.18. The number of amides is 1. The third-order valence-electron chi connectivity index (χ3n) is 5.02. The van der Waals surface area contributed by atoms with Crippen LogP contribution in [0.15, 0.2) is 18.2 Å². The molecule has 0 aromatic heterocycles. The first kappa shape index (κ1) is 16.3. The normalized spacial score (nSPS) is 18.3. The van der Waals surface area contributed by atoms with Crippen LogP contribution in [0.4, 0.5) is 11.4 Å². The maximum absolute atomic E-state index is 11.8. The van der Waals surface area contributed by atoms with Gasteiger partial charge in [-0.3, -0.25) is 9.69 Å². The lowest BCUT2D eigenvalue weighted by Gasteiger charge is -2.37. The number of fused-ring (bicyclic) bond motifs is 1. The number of piperazine rings is 1. The number of unbranched alkanes of at least 4 members (excludes halogenated alkanes) is 1. The second kappa shape index (κ2) is 7.32. The summed E-state index contributed by atoms with van der Waals surface area (Å²) in [6.45, 7) is 8.80. The molecule has 0 bridgehead atoms. The molecule has 3 rings (SSSR count). The molecular weight excluding hydrogens is 288 g/mol. The van der Waals surface area contributed by atoms with Crippen molar-refractivity contribution in [2.75, 3.05) is 55.6 Å². The first-order valence-electron chi connectivity index (χ1n) is 8.78. The van der Waals surface area contributed by atoms with Crippen LogP contribution in [-0.4, -0.2) is 56.6 Å². The van der Waals surface area contributed by atoms with Gasteiger partial charge < -0.3 is 15.5 Å². The molecule has 2 aliphatic heterocycles. The van der Waals surface area contributed by atoms with E-state index in [-0.39, 0.29) is 5.91 Å². The van der Waals surface area contributed by atoms with Gasteiger partial charge in [-0.1, -0.05) is 6.07 Å². The minimum absolute atomic E-state index is 0.144. The number of carbonyl (C=O) groups is 1. The van der Waals surface area contributed by atoms with Crippen LogP contribution in [-0.2, 0) is 11.2 Å². The zero-order chi connectivity index (χ0) is 16.2. The van der Waals surface area contributed by atoms with Crippen LogP contribution in [0.5, 0.6) is 0 Å². The van der Waals surface area contributed by atoms with E-state index in [2.05, 4.69) is 28.0 Å². The largest absolute Gasteiger partial charge is 0.369 e. The molecule has 1 fully saturated rings. The highest BCUT2D eigenvalue weighted by molar-refractivity contribution is 5.95. The fraction of sp³-hybridized carbons (Fsp3) is 0.611. The summed E-state index contributed by atoms with van der Waals surface area (Å²) in [5, 5.41) is 0. The van der Waals surface area contributed by atoms with Crippen molar-refractivity contribution in [2.24, 2.45) is 5.73 Å². The molecule has 2 heterocycles. The summed E-state index contributed by atoms with van der Waals surface area (Å²) in [7, 11) is 0. The van der Waals surface area contributed by atoms with E-state index in [9.17, 15) is 4.79 Å². The first-order chi connectivity index (χ1) is 11.2. The molecule has 0 spiro atoms. The molecule has 0 atom stereocenters. The lowest BCUT2D eigenvalue weighted by Crippen LogP contribution is -2.47. The maximum atomic E-state index is 11.8. The number of nitrogens with two attached hydrogens (primary N) is 1. The Balaban J connectivity index is 1.65. The quantitative estimate of drug-likeness (QED) is 0.836. The van der Waals surface area contributed by atoms with Crippen molar-refractivity contribution >= 4 is 17.3 Å². The van der Waals surface area contributed by atoms with Crippen molar-refractivity contribution in [1.29, 1.82) is 0 Å². The van der Waals surface area contributed by atoms with Crippen LogP contribution in [0.25, 0.3) is 0 Å². The summed E-state index contributed by atoms with van der Waals surface area (Å²) < 4.78 is 0. The molecule has 1 amide bonds. The Morgan fingerprint density at radius 1 is 1.09 bits per heavy atom. The number of benzene rings is 1. The zero-order valence-corrected chi connectivity index (χ0v) is 14.1. The molecule has 0 aliphatic carbocycles. The first-order valence-corrected chi connectivity index (χ1v) is 8.78. The van der Waals surface area contributed by atoms with Gasteiger partial charge in [0.05, 0.1) is 0 Å². The molecule has 1 aromatic carbocycles. The van der Waals surface area contributed by atoms with E-state index in [1.807, 2.05) is 4.90 Å². The van der Waals surface area contributed by atoms with Gasteiger partial charge in [-0.05, 0) is 44.5 Å². The molecule has 5 nitrogen and oxygen atoms in total. The second-order valence-corrected chi connectivity index (χ2v) is 6.52. The minimum atomic E-state index is 0.144. The van der Waals surface area contributed by atoms with Crippen molar-refractivity contribution in [2.45, 2.75) is 26.2 Å². The summed E-state index contributed by atoms with van der Waals surface area (Å²) in [6, 6.07) is 6.38. The van der Waals surface area contributed by atoms with Gasteiger partial charge in [0.25, 0.3) is 0 Å². The van der Waals surface area contributed by atoms with Crippen LogP contribution in [0, 0.1) is 0 Å². The summed E-state index contributed by atoms with van der Waals surface area (Å²) in [4.78, 5) is 18.7. The van der Waals surface area contributed by atoms with Gasteiger partial charge in [-0.15, -0.1) is 0 Å². The summed E-state index contributed by atoms with van der Waals surface area (Å²) in [5.41, 5.74) is 9.36. The highest BCUT2D eigenvalue weighted by Crippen LogP contribution is 2.36. The number of carbonyl (C=O) groups excluding carboxylic acids is 1. The van der Waals surface area contributed by atoms with Crippen molar-refractivity contribution in [3.05, 3.63) is 23.8 Å². The van der Waals surface area contributed by atoms with Gasteiger partial charge in [0.15, 0.2) is 0 Å². The molecule has 1 aromatic rings. The second-order valence-electron chi connectivity index (χ2n) is 6.52. The molecule has 0 radical (unpaired) electrons. The molecule has 1 saturated heterocycles. The number of nitrogens with zero attached hydrogens (tertiary/aromatic N) is 3. The van der Waals surface area contributed by atoms with Crippen LogP contribution < -0.4 is 15.5 Å². The third-order valence-corrected chi connectivity index (χ3v) is 5.02. The number of anilines is 2. The Morgan fingerprint density at radius 3 is 2.52 bits per heavy atom. The molecular formula is C18H28N4O. The molecule has 2 aliphatic rings. The lowest BCUT2D eigenvalue weighted by molar-refractivity contribution is -0.116. The van der Waals surface area contributed by atoms with E-state index in [0.717, 1.165) is 64.3 Å². The highest BCUT2D eigenvalue weighted by atomic mass is 16.2. The Hall–Kier alpha value is -1.59. The molecule has 0 saturated carbocycles. The van der Waals surface area contributed by atoms with Gasteiger partial charge in [0.2, 0.25) is 5.91 Å². The topological polar surface area (TPSA) is 52.8 Å². The molecule has 5 heteroatoms. The van der Waals surface area contributed by atoms with Gasteiger partial charge in [0, 0.05) is 56.6 Å². The van der Waals surface area contributed by atoms with Crippen LogP contribution in [0.1, 0.15) is 25.3 Å². The average molecular weight is 316 g/mol. The van der Waals surface area contributed by atoms with E-state index >= 15 is 0 Å². The average Bonchev–Trinajstić information content (AvgIpc) is 3.00. The smallest absolute Gasteiger partial charge is 0.223 e. The van der Waals surface area contributed by atoms with Crippen molar-refractivity contribution in [3.63, 3.8) is 0 Å². The molecule has 2 N–H and O–H groups in total. The van der Waals surface area contributed by atoms with E-state index < -0.39 is 0 Å². The Morgan fingerprint density at radius 2 is 1.83 bits per heavy atom. The predicted octanol–water partition coefficient (Wildman–Crippen LogP) is 1.46. The summed E-state index contributed by atoms with van der Waals surface area (Å²) >= 11 is 0. The third kappa shape index (κ3) is 3.51. The minimum Gasteiger partial charge on any atom is -0.369 e. The fourth-order valence-corrected chi connectivity index (χ4v) is 3.73. The standard InChI is InChI=1S/C18H28N4O/c1-15(23)22-10-7-16-17(5-4-6-18(16)22)21-13-11-20(12-14-21)9-3-2-8-19/h4-6H,2-3,7-14,19H2,1H3. The zero-order valence-electron chi connectivity index (χ0n) is 14.1. The Labute approximate surface area is 139 Å². The van der Waals surface area contributed by atoms with Crippen LogP contribution in [0.2, 0.25) is 0 Å². The number of hydrogen-bond donors (Lipinski definition) is 1. The van der Waals surface area contributed by atoms with Crippen molar-refractivity contribution in [1.82, 2.24) is 4.90 Å². The molecule has 126 valence electrons. The monoisotopic (exact) mass is 316 g/mol. The van der Waals surface area contributed by atoms with Gasteiger partial charge in [0.1, 0.15) is 0 Å². The van der Waals surface area contributed by atoms with E-state index in [4.69, 9.17) is 5.73 Å². The summed E-state index contributed by atoms with van der Waals surface area (Å²) in [6.07, 6.45) is 3.29. The van der Waals surface area contributed by atoms with E-state index in [0.29, 0.717) is 0 Å². The van der Waals surface area contributed by atoms with Gasteiger partial charge >= 0.3 is 0 Å². The van der Waals surface area contributed by atoms with Crippen LogP contribution >= 0.6 is 0 Å². The highest BCUT2D eigenvalue weighted by Gasteiger charge is 2.27. The maximum Gasteiger partial charge on any atom is 0.223 e. The van der Waals surface area contributed by atoms with Crippen molar-refractivity contribution in [3.8, 4) is 0 Å². The predicted molar refractivity (Wildman–Crippen MR) is 95.1 cm³/mol. The molecule has 23 heavy (non-hydrogen) atoms. The fourth-order valence-electron chi connectivity index (χ4n) is 3.73. The number of rotatable bonds is 5. The van der Waals surface area contributed by atoms with Crippen molar-refractivity contribution < 1.29 is 4.79 Å².